The zero-order valence-electron chi connectivity index (χ0n) is 9.27. The first-order valence-electron chi connectivity index (χ1n) is 5.04. The maximum Gasteiger partial charge on any atom is 0.311 e. The minimum Gasteiger partial charge on any atom is -0.449 e. The summed E-state index contributed by atoms with van der Waals surface area (Å²) in [6.45, 7) is 0. The summed E-state index contributed by atoms with van der Waals surface area (Å²) in [4.78, 5) is 10.1. The Balaban J connectivity index is 2.45. The highest BCUT2D eigenvalue weighted by atomic mass is 79.9. The molecule has 0 saturated carbocycles. The summed E-state index contributed by atoms with van der Waals surface area (Å²) in [5, 5.41) is 10.8. The number of benzene rings is 2. The normalized spacial score (nSPS) is 10.3. The molecule has 4 nitrogen and oxygen atoms in total. The molecule has 0 aliphatic carbocycles. The lowest BCUT2D eigenvalue weighted by Crippen LogP contribution is -1.95. The summed E-state index contributed by atoms with van der Waals surface area (Å²) in [6, 6.07) is 6.42. The van der Waals surface area contributed by atoms with Gasteiger partial charge >= 0.3 is 5.69 Å². The highest BCUT2D eigenvalue weighted by Gasteiger charge is 2.17. The Kier molecular flexibility index (Phi) is 3.75. The summed E-state index contributed by atoms with van der Waals surface area (Å²) in [6.07, 6.45) is 0. The van der Waals surface area contributed by atoms with Gasteiger partial charge in [0.05, 0.1) is 9.40 Å². The van der Waals surface area contributed by atoms with Crippen molar-refractivity contribution in [3.05, 3.63) is 62.6 Å². The summed E-state index contributed by atoms with van der Waals surface area (Å²) in [5.74, 6) is -1.53. The number of nitro benzene ring substituents is 1. The van der Waals surface area contributed by atoms with E-state index in [-0.39, 0.29) is 11.5 Å². The largest absolute Gasteiger partial charge is 0.449 e. The molecule has 0 aliphatic heterocycles. The van der Waals surface area contributed by atoms with E-state index in [0.717, 1.165) is 24.3 Å². The molecule has 98 valence electrons. The van der Waals surface area contributed by atoms with Crippen molar-refractivity contribution in [2.24, 2.45) is 0 Å². The molecular weight excluding hydrogens is 324 g/mol. The molecule has 0 atom stereocenters. The molecule has 0 spiro atoms. The minimum atomic E-state index is -0.706. The van der Waals surface area contributed by atoms with Gasteiger partial charge in [-0.05, 0) is 34.1 Å². The Hall–Kier alpha value is -2.02. The third kappa shape index (κ3) is 3.05. The fourth-order valence-electron chi connectivity index (χ4n) is 1.39. The molecule has 19 heavy (non-hydrogen) atoms. The molecule has 0 saturated heterocycles. The van der Waals surface area contributed by atoms with Crippen LogP contribution in [-0.2, 0) is 0 Å². The van der Waals surface area contributed by atoms with E-state index in [1.807, 2.05) is 0 Å². The van der Waals surface area contributed by atoms with Crippen molar-refractivity contribution in [1.82, 2.24) is 0 Å². The lowest BCUT2D eigenvalue weighted by atomic mass is 10.3. The Morgan fingerprint density at radius 3 is 2.26 bits per heavy atom. The van der Waals surface area contributed by atoms with E-state index in [9.17, 15) is 18.9 Å². The Morgan fingerprint density at radius 2 is 1.63 bits per heavy atom. The fraction of sp³-hybridized carbons (Fsp3) is 0. The van der Waals surface area contributed by atoms with Gasteiger partial charge in [0.2, 0.25) is 5.75 Å². The summed E-state index contributed by atoms with van der Waals surface area (Å²) in [7, 11) is 0. The molecule has 2 aromatic carbocycles. The van der Waals surface area contributed by atoms with E-state index in [4.69, 9.17) is 4.74 Å². The molecule has 0 bridgehead atoms. The van der Waals surface area contributed by atoms with E-state index < -0.39 is 22.2 Å². The minimum absolute atomic E-state index is 0.0219. The van der Waals surface area contributed by atoms with Crippen molar-refractivity contribution in [3.63, 3.8) is 0 Å². The van der Waals surface area contributed by atoms with Gasteiger partial charge in [-0.2, -0.15) is 0 Å². The standard InChI is InChI=1S/C12H6BrF2NO3/c13-9-3-1-7(14)5-11(9)19-12-6-8(15)2-4-10(12)16(17)18/h1-6H. The number of rotatable bonds is 3. The molecule has 2 rings (SSSR count). The van der Waals surface area contributed by atoms with E-state index in [0.29, 0.717) is 4.47 Å². The van der Waals surface area contributed by atoms with Crippen molar-refractivity contribution >= 4 is 21.6 Å². The average Bonchev–Trinajstić information content (AvgIpc) is 2.33. The molecule has 0 unspecified atom stereocenters. The van der Waals surface area contributed by atoms with Crippen LogP contribution in [0.1, 0.15) is 0 Å². The number of ether oxygens (including phenoxy) is 1. The average molecular weight is 330 g/mol. The second kappa shape index (κ2) is 5.31. The van der Waals surface area contributed by atoms with Gasteiger partial charge in [0.1, 0.15) is 17.4 Å². The monoisotopic (exact) mass is 329 g/mol. The maximum absolute atomic E-state index is 13.1. The number of hydrogen-bond donors (Lipinski definition) is 0. The predicted molar refractivity (Wildman–Crippen MR) is 67.2 cm³/mol. The first-order chi connectivity index (χ1) is 8.97. The van der Waals surface area contributed by atoms with Crippen LogP contribution < -0.4 is 4.74 Å². The Bertz CT molecular complexity index is 649. The van der Waals surface area contributed by atoms with Gasteiger partial charge in [-0.25, -0.2) is 8.78 Å². The topological polar surface area (TPSA) is 52.4 Å². The van der Waals surface area contributed by atoms with Crippen LogP contribution in [0.4, 0.5) is 14.5 Å². The third-order valence-corrected chi connectivity index (χ3v) is 2.89. The van der Waals surface area contributed by atoms with Crippen LogP contribution in [0, 0.1) is 21.7 Å². The van der Waals surface area contributed by atoms with Crippen LogP contribution in [0.3, 0.4) is 0 Å². The lowest BCUT2D eigenvalue weighted by molar-refractivity contribution is -0.385. The van der Waals surface area contributed by atoms with Gasteiger partial charge in [-0.1, -0.05) is 0 Å². The maximum atomic E-state index is 13.1. The molecule has 0 heterocycles. The highest BCUT2D eigenvalue weighted by Crippen LogP contribution is 2.35. The first-order valence-corrected chi connectivity index (χ1v) is 5.83. The van der Waals surface area contributed by atoms with Crippen LogP contribution in [0.5, 0.6) is 11.5 Å². The van der Waals surface area contributed by atoms with E-state index in [2.05, 4.69) is 15.9 Å². The number of halogens is 3. The molecule has 0 radical (unpaired) electrons. The number of nitro groups is 1. The van der Waals surface area contributed by atoms with Gasteiger partial charge in [0.25, 0.3) is 0 Å². The molecular formula is C12H6BrF2NO3. The SMILES string of the molecule is O=[N+]([O-])c1ccc(F)cc1Oc1cc(F)ccc1Br. The Morgan fingerprint density at radius 1 is 1.05 bits per heavy atom. The third-order valence-electron chi connectivity index (χ3n) is 2.23. The number of hydrogen-bond acceptors (Lipinski definition) is 3. The Labute approximate surface area is 114 Å². The summed E-state index contributed by atoms with van der Waals surface area (Å²) in [5.41, 5.74) is -0.405. The quantitative estimate of drug-likeness (QED) is 0.618. The van der Waals surface area contributed by atoms with Crippen LogP contribution in [0.15, 0.2) is 40.9 Å². The molecule has 0 N–H and O–H groups in total. The zero-order chi connectivity index (χ0) is 14.0. The van der Waals surface area contributed by atoms with Gasteiger partial charge in [-0.15, -0.1) is 0 Å². The van der Waals surface area contributed by atoms with Gasteiger partial charge in [0, 0.05) is 18.2 Å². The summed E-state index contributed by atoms with van der Waals surface area (Å²) < 4.78 is 31.8. The lowest BCUT2D eigenvalue weighted by Gasteiger charge is -2.08. The van der Waals surface area contributed by atoms with Crippen molar-refractivity contribution in [2.45, 2.75) is 0 Å². The van der Waals surface area contributed by atoms with Crippen LogP contribution in [0.2, 0.25) is 0 Å². The second-order valence-corrected chi connectivity index (χ2v) is 4.40. The van der Waals surface area contributed by atoms with Crippen LogP contribution in [0.25, 0.3) is 0 Å². The summed E-state index contributed by atoms with van der Waals surface area (Å²) >= 11 is 3.11. The van der Waals surface area contributed by atoms with Crippen molar-refractivity contribution in [2.75, 3.05) is 0 Å². The van der Waals surface area contributed by atoms with Crippen molar-refractivity contribution < 1.29 is 18.4 Å². The van der Waals surface area contributed by atoms with Gasteiger partial charge in [0.15, 0.2) is 0 Å². The predicted octanol–water partition coefficient (Wildman–Crippen LogP) is 4.43. The van der Waals surface area contributed by atoms with Crippen molar-refractivity contribution in [1.29, 1.82) is 0 Å². The van der Waals surface area contributed by atoms with E-state index in [1.165, 1.54) is 12.1 Å². The van der Waals surface area contributed by atoms with Crippen LogP contribution >= 0.6 is 15.9 Å². The molecule has 0 amide bonds. The molecule has 0 fully saturated rings. The van der Waals surface area contributed by atoms with Crippen LogP contribution in [-0.4, -0.2) is 4.92 Å². The molecule has 0 aliphatic rings. The molecule has 2 aromatic rings. The highest BCUT2D eigenvalue weighted by molar-refractivity contribution is 9.10. The molecule has 7 heteroatoms. The smallest absolute Gasteiger partial charge is 0.311 e. The number of nitrogens with zero attached hydrogens (tertiary/aromatic N) is 1. The van der Waals surface area contributed by atoms with E-state index in [1.54, 1.807) is 0 Å². The van der Waals surface area contributed by atoms with Gasteiger partial charge in [-0.3, -0.25) is 10.1 Å². The van der Waals surface area contributed by atoms with Crippen molar-refractivity contribution in [3.8, 4) is 11.5 Å². The molecule has 0 aromatic heterocycles. The fourth-order valence-corrected chi connectivity index (χ4v) is 1.72. The van der Waals surface area contributed by atoms with E-state index >= 15 is 0 Å². The first kappa shape index (κ1) is 13.4. The van der Waals surface area contributed by atoms with Gasteiger partial charge < -0.3 is 4.74 Å². The zero-order valence-corrected chi connectivity index (χ0v) is 10.9. The second-order valence-electron chi connectivity index (χ2n) is 3.55.